The molecule has 0 radical (unpaired) electrons. The summed E-state index contributed by atoms with van der Waals surface area (Å²) in [5, 5.41) is 12.7. The summed E-state index contributed by atoms with van der Waals surface area (Å²) in [7, 11) is 0. The second-order valence-electron chi connectivity index (χ2n) is 7.44. The second kappa shape index (κ2) is 8.23. The molecule has 25 heavy (non-hydrogen) atoms. The summed E-state index contributed by atoms with van der Waals surface area (Å²) in [5.41, 5.74) is 0.280. The average Bonchev–Trinajstić information content (AvgIpc) is 2.53. The molecule has 0 aromatic heterocycles. The number of phenolic OH excluding ortho intramolecular Hbond substituents is 1. The molecule has 6 nitrogen and oxygen atoms in total. The molecule has 2 rings (SSSR count). The maximum atomic E-state index is 12.1. The maximum absolute atomic E-state index is 12.1. The number of nitrogens with zero attached hydrogens (tertiary/aromatic N) is 1. The highest BCUT2D eigenvalue weighted by atomic mass is 16.6. The highest BCUT2D eigenvalue weighted by molar-refractivity contribution is 5.76. The highest BCUT2D eigenvalue weighted by Crippen LogP contribution is 2.18. The smallest absolute Gasteiger partial charge is 0.410 e. The van der Waals surface area contributed by atoms with Gasteiger partial charge in [0.15, 0.2) is 0 Å². The summed E-state index contributed by atoms with van der Waals surface area (Å²) in [6.45, 7) is 6.71. The third-order valence-corrected chi connectivity index (χ3v) is 4.12. The molecule has 0 bridgehead atoms. The summed E-state index contributed by atoms with van der Waals surface area (Å²) >= 11 is 0. The molecule has 1 aliphatic rings. The Balaban J connectivity index is 1.72. The molecule has 1 heterocycles. The molecule has 1 aromatic carbocycles. The van der Waals surface area contributed by atoms with E-state index < -0.39 is 5.60 Å². The summed E-state index contributed by atoms with van der Waals surface area (Å²) in [6, 6.07) is 7.13. The van der Waals surface area contributed by atoms with Crippen LogP contribution in [-0.2, 0) is 16.0 Å². The Labute approximate surface area is 149 Å². The van der Waals surface area contributed by atoms with Gasteiger partial charge in [-0.2, -0.15) is 0 Å². The summed E-state index contributed by atoms with van der Waals surface area (Å²) < 4.78 is 5.37. The zero-order valence-electron chi connectivity index (χ0n) is 15.2. The van der Waals surface area contributed by atoms with Crippen molar-refractivity contribution in [2.45, 2.75) is 58.1 Å². The average molecular weight is 348 g/mol. The lowest BCUT2D eigenvalue weighted by molar-refractivity contribution is -0.122. The molecule has 0 unspecified atom stereocenters. The van der Waals surface area contributed by atoms with Gasteiger partial charge in [0.2, 0.25) is 5.91 Å². The van der Waals surface area contributed by atoms with Crippen molar-refractivity contribution in [3.8, 4) is 5.75 Å². The minimum atomic E-state index is -0.495. The first-order chi connectivity index (χ1) is 11.7. The fraction of sp³-hybridized carbons (Fsp3) is 0.579. The molecule has 1 aromatic rings. The number of hydrogen-bond acceptors (Lipinski definition) is 4. The molecule has 6 heteroatoms. The van der Waals surface area contributed by atoms with E-state index in [1.807, 2.05) is 32.9 Å². The number of amides is 2. The first kappa shape index (κ1) is 19.1. The van der Waals surface area contributed by atoms with Crippen LogP contribution in [0.1, 0.15) is 45.6 Å². The number of para-hydroxylation sites is 1. The van der Waals surface area contributed by atoms with Gasteiger partial charge in [-0.15, -0.1) is 0 Å². The van der Waals surface area contributed by atoms with Crippen molar-refractivity contribution < 1.29 is 19.4 Å². The minimum Gasteiger partial charge on any atom is -0.508 e. The van der Waals surface area contributed by atoms with Gasteiger partial charge in [0.1, 0.15) is 11.4 Å². The number of aryl methyl sites for hydroxylation is 1. The van der Waals surface area contributed by atoms with Gasteiger partial charge in [-0.05, 0) is 51.7 Å². The second-order valence-corrected chi connectivity index (χ2v) is 7.44. The number of hydrogen-bond donors (Lipinski definition) is 2. The fourth-order valence-corrected chi connectivity index (χ4v) is 2.80. The van der Waals surface area contributed by atoms with E-state index in [-0.39, 0.29) is 23.8 Å². The van der Waals surface area contributed by atoms with Gasteiger partial charge in [0.25, 0.3) is 0 Å². The molecule has 0 saturated carbocycles. The Morgan fingerprint density at radius 3 is 2.48 bits per heavy atom. The van der Waals surface area contributed by atoms with Crippen molar-refractivity contribution in [3.63, 3.8) is 0 Å². The van der Waals surface area contributed by atoms with Gasteiger partial charge in [-0.1, -0.05) is 18.2 Å². The zero-order chi connectivity index (χ0) is 18.4. The highest BCUT2D eigenvalue weighted by Gasteiger charge is 2.27. The topological polar surface area (TPSA) is 78.9 Å². The predicted octanol–water partition coefficient (Wildman–Crippen LogP) is 2.84. The standard InChI is InChI=1S/C19H28N2O4/c1-19(2,3)25-18(24)21-12-10-15(11-13-21)20-17(23)9-8-14-6-4-5-7-16(14)22/h4-7,15,22H,8-13H2,1-3H3,(H,20,23). The van der Waals surface area contributed by atoms with Gasteiger partial charge in [0, 0.05) is 25.6 Å². The predicted molar refractivity (Wildman–Crippen MR) is 95.4 cm³/mol. The third kappa shape index (κ3) is 6.29. The van der Waals surface area contributed by atoms with Gasteiger partial charge in [0.05, 0.1) is 0 Å². The van der Waals surface area contributed by atoms with Crippen molar-refractivity contribution >= 4 is 12.0 Å². The number of nitrogens with one attached hydrogen (secondary N) is 1. The molecule has 2 N–H and O–H groups in total. The first-order valence-corrected chi connectivity index (χ1v) is 8.79. The van der Waals surface area contributed by atoms with E-state index in [0.29, 0.717) is 25.9 Å². The largest absolute Gasteiger partial charge is 0.508 e. The minimum absolute atomic E-state index is 0.0287. The summed E-state index contributed by atoms with van der Waals surface area (Å²) in [6.07, 6.45) is 2.00. The van der Waals surface area contributed by atoms with E-state index in [1.165, 1.54) is 0 Å². The number of aromatic hydroxyl groups is 1. The van der Waals surface area contributed by atoms with E-state index in [9.17, 15) is 14.7 Å². The van der Waals surface area contributed by atoms with Crippen LogP contribution in [0, 0.1) is 0 Å². The molecule has 1 fully saturated rings. The van der Waals surface area contributed by atoms with Gasteiger partial charge < -0.3 is 20.1 Å². The maximum Gasteiger partial charge on any atom is 0.410 e. The Bertz CT molecular complexity index is 602. The third-order valence-electron chi connectivity index (χ3n) is 4.12. The molecular formula is C19H28N2O4. The number of likely N-dealkylation sites (tertiary alicyclic amines) is 1. The van der Waals surface area contributed by atoms with Crippen LogP contribution in [0.2, 0.25) is 0 Å². The molecule has 1 aliphatic heterocycles. The van der Waals surface area contributed by atoms with Crippen molar-refractivity contribution in [3.05, 3.63) is 29.8 Å². The molecule has 0 atom stereocenters. The van der Waals surface area contributed by atoms with E-state index in [4.69, 9.17) is 4.74 Å². The van der Waals surface area contributed by atoms with Crippen LogP contribution < -0.4 is 5.32 Å². The van der Waals surface area contributed by atoms with Crippen LogP contribution in [0.15, 0.2) is 24.3 Å². The number of rotatable bonds is 4. The Hall–Kier alpha value is -2.24. The van der Waals surface area contributed by atoms with Crippen LogP contribution in [-0.4, -0.2) is 46.7 Å². The van der Waals surface area contributed by atoms with Gasteiger partial charge in [-0.3, -0.25) is 4.79 Å². The first-order valence-electron chi connectivity index (χ1n) is 8.79. The van der Waals surface area contributed by atoms with Crippen LogP contribution >= 0.6 is 0 Å². The van der Waals surface area contributed by atoms with Gasteiger partial charge >= 0.3 is 6.09 Å². The number of benzene rings is 1. The normalized spacial score (nSPS) is 15.7. The van der Waals surface area contributed by atoms with E-state index in [2.05, 4.69) is 5.32 Å². The quantitative estimate of drug-likeness (QED) is 0.877. The van der Waals surface area contributed by atoms with Crippen molar-refractivity contribution in [2.75, 3.05) is 13.1 Å². The molecule has 0 aliphatic carbocycles. The van der Waals surface area contributed by atoms with Crippen molar-refractivity contribution in [1.82, 2.24) is 10.2 Å². The van der Waals surface area contributed by atoms with Crippen molar-refractivity contribution in [1.29, 1.82) is 0 Å². The van der Waals surface area contributed by atoms with Crippen molar-refractivity contribution in [2.24, 2.45) is 0 Å². The van der Waals surface area contributed by atoms with E-state index in [0.717, 1.165) is 18.4 Å². The number of phenols is 1. The zero-order valence-corrected chi connectivity index (χ0v) is 15.2. The SMILES string of the molecule is CC(C)(C)OC(=O)N1CCC(NC(=O)CCc2ccccc2O)CC1. The molecule has 2 amide bonds. The van der Waals surface area contributed by atoms with Crippen LogP contribution in [0.25, 0.3) is 0 Å². The lowest BCUT2D eigenvalue weighted by atomic mass is 10.0. The van der Waals surface area contributed by atoms with E-state index in [1.54, 1.807) is 17.0 Å². The Morgan fingerprint density at radius 1 is 1.24 bits per heavy atom. The van der Waals surface area contributed by atoms with E-state index >= 15 is 0 Å². The van der Waals surface area contributed by atoms with Crippen LogP contribution in [0.3, 0.4) is 0 Å². The number of carbonyl (C=O) groups is 2. The fourth-order valence-electron chi connectivity index (χ4n) is 2.80. The summed E-state index contributed by atoms with van der Waals surface area (Å²) in [5.74, 6) is 0.194. The lowest BCUT2D eigenvalue weighted by Crippen LogP contribution is -2.47. The number of ether oxygens (including phenoxy) is 1. The van der Waals surface area contributed by atoms with Crippen LogP contribution in [0.5, 0.6) is 5.75 Å². The van der Waals surface area contributed by atoms with Crippen LogP contribution in [0.4, 0.5) is 4.79 Å². The monoisotopic (exact) mass is 348 g/mol. The summed E-state index contributed by atoms with van der Waals surface area (Å²) in [4.78, 5) is 25.8. The lowest BCUT2D eigenvalue weighted by Gasteiger charge is -2.33. The van der Waals surface area contributed by atoms with Gasteiger partial charge in [-0.25, -0.2) is 4.79 Å². The molecule has 0 spiro atoms. The number of carbonyl (C=O) groups excluding carboxylic acids is 2. The Kier molecular flexibility index (Phi) is 6.28. The number of piperidine rings is 1. The molecular weight excluding hydrogens is 320 g/mol. The molecule has 1 saturated heterocycles. The Morgan fingerprint density at radius 2 is 1.88 bits per heavy atom. The molecule has 138 valence electrons.